The van der Waals surface area contributed by atoms with Gasteiger partial charge in [-0.3, -0.25) is 4.55 Å². The van der Waals surface area contributed by atoms with Crippen molar-refractivity contribution in [1.82, 2.24) is 0 Å². The number of aliphatic hydroxyl groups excluding tert-OH is 1. The third-order valence-electron chi connectivity index (χ3n) is 4.83. The predicted octanol–water partition coefficient (Wildman–Crippen LogP) is 1.06. The van der Waals surface area contributed by atoms with Gasteiger partial charge in [0.25, 0.3) is 10.1 Å². The molecule has 88 valence electrons. The molecule has 2 rings (SSSR count). The molecule has 0 heterocycles. The molecule has 2 bridgehead atoms. The van der Waals surface area contributed by atoms with Crippen molar-refractivity contribution in [1.29, 1.82) is 0 Å². The lowest BCUT2D eigenvalue weighted by Gasteiger charge is -2.39. The maximum Gasteiger partial charge on any atom is 0.265 e. The summed E-state index contributed by atoms with van der Waals surface area (Å²) in [5, 5.41) is 9.99. The standard InChI is InChI=1S/C10H18O4S/c1-9(2)7-3-4-10(9,8(11)5-7)6-15(12,13)14/h7-8,11H,3-6H2,1-2H3,(H,12,13,14). The van der Waals surface area contributed by atoms with Gasteiger partial charge in [0.05, 0.1) is 11.9 Å². The number of hydrogen-bond acceptors (Lipinski definition) is 3. The van der Waals surface area contributed by atoms with Gasteiger partial charge >= 0.3 is 0 Å². The summed E-state index contributed by atoms with van der Waals surface area (Å²) in [7, 11) is -4.02. The topological polar surface area (TPSA) is 74.6 Å². The number of rotatable bonds is 2. The summed E-state index contributed by atoms with van der Waals surface area (Å²) in [6.07, 6.45) is 1.74. The fourth-order valence-electron chi connectivity index (χ4n) is 3.70. The van der Waals surface area contributed by atoms with Crippen molar-refractivity contribution in [3.8, 4) is 0 Å². The van der Waals surface area contributed by atoms with Crippen LogP contribution in [0.4, 0.5) is 0 Å². The van der Waals surface area contributed by atoms with Crippen LogP contribution < -0.4 is 0 Å². The molecule has 15 heavy (non-hydrogen) atoms. The summed E-state index contributed by atoms with van der Waals surface area (Å²) in [5.41, 5.74) is -0.826. The molecule has 0 aromatic carbocycles. The smallest absolute Gasteiger partial charge is 0.265 e. The first-order chi connectivity index (χ1) is 6.69. The molecule has 0 aliphatic heterocycles. The van der Waals surface area contributed by atoms with Gasteiger partial charge in [-0.2, -0.15) is 8.42 Å². The minimum Gasteiger partial charge on any atom is -0.392 e. The minimum atomic E-state index is -4.02. The highest BCUT2D eigenvalue weighted by molar-refractivity contribution is 7.85. The first-order valence-electron chi connectivity index (χ1n) is 5.32. The molecule has 3 atom stereocenters. The largest absolute Gasteiger partial charge is 0.392 e. The van der Waals surface area contributed by atoms with Gasteiger partial charge < -0.3 is 5.11 Å². The lowest BCUT2D eigenvalue weighted by Crippen LogP contribution is -2.44. The Balaban J connectivity index is 2.40. The highest BCUT2D eigenvalue weighted by atomic mass is 32.2. The molecular formula is C10H18O4S. The Bertz CT molecular complexity index is 373. The molecule has 3 unspecified atom stereocenters. The minimum absolute atomic E-state index is 0.192. The molecule has 0 aromatic rings. The maximum absolute atomic E-state index is 11.0. The van der Waals surface area contributed by atoms with Crippen molar-refractivity contribution in [2.45, 2.75) is 39.2 Å². The van der Waals surface area contributed by atoms with Crippen LogP contribution in [0.2, 0.25) is 0 Å². The summed E-state index contributed by atoms with van der Waals surface area (Å²) in [5.74, 6) is 0.0826. The van der Waals surface area contributed by atoms with Crippen LogP contribution in [0.25, 0.3) is 0 Å². The first kappa shape index (κ1) is 11.4. The molecule has 2 aliphatic carbocycles. The van der Waals surface area contributed by atoms with Crippen molar-refractivity contribution in [3.05, 3.63) is 0 Å². The molecule has 0 saturated heterocycles. The second-order valence-electron chi connectivity index (χ2n) is 5.59. The summed E-state index contributed by atoms with van der Waals surface area (Å²) < 4.78 is 31.1. The van der Waals surface area contributed by atoms with Gasteiger partial charge in [-0.1, -0.05) is 13.8 Å². The Labute approximate surface area is 90.4 Å². The molecule has 2 aliphatic rings. The molecule has 0 spiro atoms. The monoisotopic (exact) mass is 234 g/mol. The fourth-order valence-corrected chi connectivity index (χ4v) is 5.06. The molecule has 4 nitrogen and oxygen atoms in total. The third-order valence-corrected chi connectivity index (χ3v) is 5.71. The van der Waals surface area contributed by atoms with E-state index in [9.17, 15) is 13.5 Å². The SMILES string of the molecule is CC1(C)C2CCC1(CS(=O)(=O)O)C(O)C2. The molecule has 5 heteroatoms. The number of hydrogen-bond donors (Lipinski definition) is 2. The summed E-state index contributed by atoms with van der Waals surface area (Å²) in [6, 6.07) is 0. The predicted molar refractivity (Wildman–Crippen MR) is 56.0 cm³/mol. The Hall–Kier alpha value is -0.130. The summed E-state index contributed by atoms with van der Waals surface area (Å²) in [4.78, 5) is 0. The van der Waals surface area contributed by atoms with Gasteiger partial charge in [-0.15, -0.1) is 0 Å². The normalized spacial score (nSPS) is 43.5. The van der Waals surface area contributed by atoms with Crippen LogP contribution in [0, 0.1) is 16.7 Å². The molecule has 2 saturated carbocycles. The zero-order valence-electron chi connectivity index (χ0n) is 9.10. The van der Waals surface area contributed by atoms with E-state index < -0.39 is 21.6 Å². The summed E-state index contributed by atoms with van der Waals surface area (Å²) >= 11 is 0. The quantitative estimate of drug-likeness (QED) is 0.701. The average molecular weight is 234 g/mol. The number of aliphatic hydroxyl groups is 1. The van der Waals surface area contributed by atoms with Crippen molar-refractivity contribution in [2.24, 2.45) is 16.7 Å². The van der Waals surface area contributed by atoms with Gasteiger partial charge in [0.15, 0.2) is 0 Å². The van der Waals surface area contributed by atoms with E-state index in [1.54, 1.807) is 0 Å². The zero-order valence-corrected chi connectivity index (χ0v) is 9.92. The van der Waals surface area contributed by atoms with Crippen LogP contribution >= 0.6 is 0 Å². The van der Waals surface area contributed by atoms with Gasteiger partial charge in [-0.25, -0.2) is 0 Å². The van der Waals surface area contributed by atoms with E-state index in [0.29, 0.717) is 18.8 Å². The maximum atomic E-state index is 11.0. The third kappa shape index (κ3) is 1.44. The van der Waals surface area contributed by atoms with Gasteiger partial charge in [0.2, 0.25) is 0 Å². The van der Waals surface area contributed by atoms with Crippen LogP contribution in [0.5, 0.6) is 0 Å². The summed E-state index contributed by atoms with van der Waals surface area (Å²) in [6.45, 7) is 4.01. The van der Waals surface area contributed by atoms with Crippen molar-refractivity contribution in [3.63, 3.8) is 0 Å². The fraction of sp³-hybridized carbons (Fsp3) is 1.00. The van der Waals surface area contributed by atoms with Crippen molar-refractivity contribution >= 4 is 10.1 Å². The highest BCUT2D eigenvalue weighted by Gasteiger charge is 2.64. The van der Waals surface area contributed by atoms with Crippen LogP contribution in [-0.4, -0.2) is 29.9 Å². The van der Waals surface area contributed by atoms with E-state index in [4.69, 9.17) is 4.55 Å². The Morgan fingerprint density at radius 2 is 2.00 bits per heavy atom. The van der Waals surface area contributed by atoms with Crippen LogP contribution in [0.3, 0.4) is 0 Å². The zero-order chi connectivity index (χ0) is 11.5. The van der Waals surface area contributed by atoms with Gasteiger partial charge in [-0.05, 0) is 30.6 Å². The Morgan fingerprint density at radius 1 is 1.40 bits per heavy atom. The molecule has 0 aromatic heterocycles. The van der Waals surface area contributed by atoms with E-state index in [2.05, 4.69) is 0 Å². The second-order valence-corrected chi connectivity index (χ2v) is 7.04. The van der Waals surface area contributed by atoms with Gasteiger partial charge in [0, 0.05) is 5.41 Å². The molecule has 2 N–H and O–H groups in total. The second kappa shape index (κ2) is 2.96. The van der Waals surface area contributed by atoms with E-state index >= 15 is 0 Å². The van der Waals surface area contributed by atoms with Gasteiger partial charge in [0.1, 0.15) is 0 Å². The Morgan fingerprint density at radius 3 is 2.33 bits per heavy atom. The highest BCUT2D eigenvalue weighted by Crippen LogP contribution is 2.65. The lowest BCUT2D eigenvalue weighted by atomic mass is 9.70. The van der Waals surface area contributed by atoms with Crippen LogP contribution in [0.1, 0.15) is 33.1 Å². The Kier molecular flexibility index (Phi) is 2.24. The van der Waals surface area contributed by atoms with Crippen LogP contribution in [0.15, 0.2) is 0 Å². The first-order valence-corrected chi connectivity index (χ1v) is 6.93. The molecule has 0 radical (unpaired) electrons. The van der Waals surface area contributed by atoms with Crippen molar-refractivity contribution < 1.29 is 18.1 Å². The van der Waals surface area contributed by atoms with E-state index in [0.717, 1.165) is 6.42 Å². The van der Waals surface area contributed by atoms with E-state index in [1.807, 2.05) is 13.8 Å². The van der Waals surface area contributed by atoms with Crippen LogP contribution in [-0.2, 0) is 10.1 Å². The average Bonchev–Trinajstić information content (AvgIpc) is 2.34. The van der Waals surface area contributed by atoms with E-state index in [-0.39, 0.29) is 11.2 Å². The molecule has 0 amide bonds. The molecule has 2 fully saturated rings. The molecular weight excluding hydrogens is 216 g/mol. The van der Waals surface area contributed by atoms with E-state index in [1.165, 1.54) is 0 Å². The lowest BCUT2D eigenvalue weighted by molar-refractivity contribution is 0.0142. The van der Waals surface area contributed by atoms with Crippen molar-refractivity contribution in [2.75, 3.05) is 5.75 Å². The number of fused-ring (bicyclic) bond motifs is 2.